The van der Waals surface area contributed by atoms with E-state index in [2.05, 4.69) is 5.32 Å². The number of carbonyl (C=O) groups is 2. The lowest BCUT2D eigenvalue weighted by atomic mass is 10.1. The first kappa shape index (κ1) is 22.1. The molecule has 28 heavy (non-hydrogen) atoms. The van der Waals surface area contributed by atoms with Gasteiger partial charge in [-0.3, -0.25) is 9.59 Å². The SMILES string of the molecule is CNC(=O)[C@H](C)N(Cc1ccc(Cl)c(Cl)c1)C(=O)COc1cc(C)ccc1C. The quantitative estimate of drug-likeness (QED) is 0.728. The van der Waals surface area contributed by atoms with E-state index in [9.17, 15) is 9.59 Å². The molecule has 0 unspecified atom stereocenters. The average Bonchev–Trinajstić information content (AvgIpc) is 2.68. The summed E-state index contributed by atoms with van der Waals surface area (Å²) in [5.41, 5.74) is 2.75. The van der Waals surface area contributed by atoms with Crippen LogP contribution < -0.4 is 10.1 Å². The first-order valence-electron chi connectivity index (χ1n) is 8.88. The summed E-state index contributed by atoms with van der Waals surface area (Å²) < 4.78 is 5.73. The van der Waals surface area contributed by atoms with Gasteiger partial charge in [-0.05, 0) is 55.7 Å². The number of rotatable bonds is 7. The smallest absolute Gasteiger partial charge is 0.261 e. The van der Waals surface area contributed by atoms with E-state index in [-0.39, 0.29) is 25.0 Å². The molecule has 2 aromatic carbocycles. The van der Waals surface area contributed by atoms with Crippen LogP contribution in [0.25, 0.3) is 0 Å². The van der Waals surface area contributed by atoms with Crippen molar-refractivity contribution in [3.63, 3.8) is 0 Å². The summed E-state index contributed by atoms with van der Waals surface area (Å²) in [6, 6.07) is 10.3. The van der Waals surface area contributed by atoms with Gasteiger partial charge in [0.1, 0.15) is 11.8 Å². The number of hydrogen-bond donors (Lipinski definition) is 1. The Kier molecular flexibility index (Phi) is 7.72. The molecule has 0 aliphatic rings. The van der Waals surface area contributed by atoms with E-state index in [1.807, 2.05) is 32.0 Å². The van der Waals surface area contributed by atoms with Crippen LogP contribution >= 0.6 is 23.2 Å². The number of carbonyl (C=O) groups excluding carboxylic acids is 2. The number of nitrogens with zero attached hydrogens (tertiary/aromatic N) is 1. The summed E-state index contributed by atoms with van der Waals surface area (Å²) in [6.07, 6.45) is 0. The normalized spacial score (nSPS) is 11.6. The van der Waals surface area contributed by atoms with E-state index in [0.717, 1.165) is 16.7 Å². The molecule has 1 atom stereocenters. The van der Waals surface area contributed by atoms with Crippen molar-refractivity contribution >= 4 is 35.0 Å². The number of halogens is 2. The van der Waals surface area contributed by atoms with Crippen molar-refractivity contribution in [1.82, 2.24) is 10.2 Å². The second-order valence-electron chi connectivity index (χ2n) is 6.62. The molecule has 5 nitrogen and oxygen atoms in total. The molecule has 0 fully saturated rings. The van der Waals surface area contributed by atoms with Crippen LogP contribution in [0, 0.1) is 13.8 Å². The van der Waals surface area contributed by atoms with Gasteiger partial charge >= 0.3 is 0 Å². The van der Waals surface area contributed by atoms with E-state index in [1.165, 1.54) is 11.9 Å². The van der Waals surface area contributed by atoms with E-state index in [1.54, 1.807) is 25.1 Å². The predicted octanol–water partition coefficient (Wildman–Crippen LogP) is 4.15. The molecular weight excluding hydrogens is 399 g/mol. The third kappa shape index (κ3) is 5.63. The molecule has 0 spiro atoms. The largest absolute Gasteiger partial charge is 0.483 e. The minimum Gasteiger partial charge on any atom is -0.483 e. The van der Waals surface area contributed by atoms with E-state index >= 15 is 0 Å². The second-order valence-corrected chi connectivity index (χ2v) is 7.43. The van der Waals surface area contributed by atoms with Crippen LogP contribution in [0.15, 0.2) is 36.4 Å². The molecule has 2 rings (SSSR count). The highest BCUT2D eigenvalue weighted by molar-refractivity contribution is 6.42. The van der Waals surface area contributed by atoms with Crippen molar-refractivity contribution in [1.29, 1.82) is 0 Å². The van der Waals surface area contributed by atoms with Gasteiger partial charge in [0, 0.05) is 13.6 Å². The van der Waals surface area contributed by atoms with Gasteiger partial charge in [0.2, 0.25) is 5.91 Å². The molecular formula is C21H24Cl2N2O3. The fraction of sp³-hybridized carbons (Fsp3) is 0.333. The number of amides is 2. The maximum Gasteiger partial charge on any atom is 0.261 e. The highest BCUT2D eigenvalue weighted by Crippen LogP contribution is 2.24. The van der Waals surface area contributed by atoms with Gasteiger partial charge in [0.05, 0.1) is 10.0 Å². The van der Waals surface area contributed by atoms with Crippen LogP contribution in [0.2, 0.25) is 10.0 Å². The zero-order valence-electron chi connectivity index (χ0n) is 16.4. The minimum absolute atomic E-state index is 0.174. The number of benzene rings is 2. The summed E-state index contributed by atoms with van der Waals surface area (Å²) in [6.45, 7) is 5.58. The molecule has 0 aliphatic carbocycles. The van der Waals surface area contributed by atoms with E-state index in [4.69, 9.17) is 27.9 Å². The summed E-state index contributed by atoms with van der Waals surface area (Å²) in [4.78, 5) is 26.5. The van der Waals surface area contributed by atoms with Gasteiger partial charge in [0.25, 0.3) is 5.91 Å². The van der Waals surface area contributed by atoms with Crippen molar-refractivity contribution in [3.8, 4) is 5.75 Å². The van der Waals surface area contributed by atoms with Crippen molar-refractivity contribution < 1.29 is 14.3 Å². The molecule has 2 amide bonds. The third-order valence-corrected chi connectivity index (χ3v) is 5.18. The van der Waals surface area contributed by atoms with Crippen LogP contribution in [0.1, 0.15) is 23.6 Å². The molecule has 0 bridgehead atoms. The lowest BCUT2D eigenvalue weighted by Gasteiger charge is -2.28. The first-order chi connectivity index (χ1) is 13.2. The van der Waals surface area contributed by atoms with Crippen LogP contribution in [-0.2, 0) is 16.1 Å². The Morgan fingerprint density at radius 1 is 1.11 bits per heavy atom. The van der Waals surface area contributed by atoms with Gasteiger partial charge in [-0.25, -0.2) is 0 Å². The van der Waals surface area contributed by atoms with Crippen LogP contribution in [0.4, 0.5) is 0 Å². The standard InChI is InChI=1S/C21H24Cl2N2O3/c1-13-5-6-14(2)19(9-13)28-12-20(26)25(15(3)21(27)24-4)11-16-7-8-17(22)18(23)10-16/h5-10,15H,11-12H2,1-4H3,(H,24,27)/t15-/m0/s1. The molecule has 0 radical (unpaired) electrons. The molecule has 0 heterocycles. The zero-order valence-corrected chi connectivity index (χ0v) is 17.9. The second kappa shape index (κ2) is 9.80. The summed E-state index contributed by atoms with van der Waals surface area (Å²) in [5, 5.41) is 3.40. The van der Waals surface area contributed by atoms with Gasteiger partial charge in [-0.1, -0.05) is 41.4 Å². The number of likely N-dealkylation sites (N-methyl/N-ethyl adjacent to an activating group) is 1. The van der Waals surface area contributed by atoms with Crippen molar-refractivity contribution in [3.05, 3.63) is 63.1 Å². The Bertz CT molecular complexity index is 871. The molecule has 0 aliphatic heterocycles. The van der Waals surface area contributed by atoms with Crippen molar-refractivity contribution in [2.24, 2.45) is 0 Å². The van der Waals surface area contributed by atoms with Gasteiger partial charge < -0.3 is 15.0 Å². The Morgan fingerprint density at radius 3 is 2.46 bits per heavy atom. The molecule has 1 N–H and O–H groups in total. The Balaban J connectivity index is 2.19. The molecule has 150 valence electrons. The van der Waals surface area contributed by atoms with Crippen LogP contribution in [-0.4, -0.2) is 36.4 Å². The maximum atomic E-state index is 12.9. The monoisotopic (exact) mass is 422 g/mol. The predicted molar refractivity (Wildman–Crippen MR) is 112 cm³/mol. The zero-order chi connectivity index (χ0) is 20.8. The minimum atomic E-state index is -0.672. The van der Waals surface area contributed by atoms with Crippen LogP contribution in [0.3, 0.4) is 0 Å². The van der Waals surface area contributed by atoms with Gasteiger partial charge in [-0.15, -0.1) is 0 Å². The van der Waals surface area contributed by atoms with Crippen molar-refractivity contribution in [2.75, 3.05) is 13.7 Å². The highest BCUT2D eigenvalue weighted by atomic mass is 35.5. The fourth-order valence-electron chi connectivity index (χ4n) is 2.71. The number of nitrogens with one attached hydrogen (secondary N) is 1. The highest BCUT2D eigenvalue weighted by Gasteiger charge is 2.26. The molecule has 7 heteroatoms. The summed E-state index contributed by atoms with van der Waals surface area (Å²) in [7, 11) is 1.53. The van der Waals surface area contributed by atoms with E-state index < -0.39 is 6.04 Å². The molecule has 0 saturated carbocycles. The summed E-state index contributed by atoms with van der Waals surface area (Å²) >= 11 is 12.0. The summed E-state index contributed by atoms with van der Waals surface area (Å²) in [5.74, 6) is 0.0821. The van der Waals surface area contributed by atoms with Gasteiger partial charge in [-0.2, -0.15) is 0 Å². The maximum absolute atomic E-state index is 12.9. The molecule has 0 aromatic heterocycles. The number of ether oxygens (including phenoxy) is 1. The van der Waals surface area contributed by atoms with Gasteiger partial charge in [0.15, 0.2) is 6.61 Å². The van der Waals surface area contributed by atoms with E-state index in [0.29, 0.717) is 15.8 Å². The lowest BCUT2D eigenvalue weighted by molar-refractivity contribution is -0.142. The average molecular weight is 423 g/mol. The topological polar surface area (TPSA) is 58.6 Å². The Labute approximate surface area is 175 Å². The third-order valence-electron chi connectivity index (χ3n) is 4.45. The van der Waals surface area contributed by atoms with Crippen LogP contribution in [0.5, 0.6) is 5.75 Å². The molecule has 0 saturated heterocycles. The Morgan fingerprint density at radius 2 is 1.82 bits per heavy atom. The number of aryl methyl sites for hydroxylation is 2. The Hall–Kier alpha value is -2.24. The fourth-order valence-corrected chi connectivity index (χ4v) is 3.03. The number of hydrogen-bond acceptors (Lipinski definition) is 3. The van der Waals surface area contributed by atoms with Crippen molar-refractivity contribution in [2.45, 2.75) is 33.4 Å². The first-order valence-corrected chi connectivity index (χ1v) is 9.63. The molecule has 2 aromatic rings. The lowest BCUT2D eigenvalue weighted by Crippen LogP contribution is -2.48.